The third-order valence-electron chi connectivity index (χ3n) is 3.05. The number of aromatic nitrogens is 4. The van der Waals surface area contributed by atoms with Crippen LogP contribution in [0.25, 0.3) is 10.6 Å². The van der Waals surface area contributed by atoms with E-state index in [0.29, 0.717) is 19.9 Å². The molecule has 3 rings (SSSR count). The zero-order chi connectivity index (χ0) is 15.9. The smallest absolute Gasteiger partial charge is 0.142 e. The summed E-state index contributed by atoms with van der Waals surface area (Å²) in [6.07, 6.45) is 8.92. The molecule has 7 heteroatoms. The fourth-order valence-electron chi connectivity index (χ4n) is 2.00. The molecule has 6 nitrogen and oxygen atoms in total. The average Bonchev–Trinajstić information content (AvgIpc) is 3.05. The number of hydrogen-bond donors (Lipinski definition) is 0. The van der Waals surface area contributed by atoms with Crippen LogP contribution in [0.2, 0.25) is 0 Å². The maximum Gasteiger partial charge on any atom is 0.142 e. The van der Waals surface area contributed by atoms with E-state index in [1.54, 1.807) is 29.9 Å². The van der Waals surface area contributed by atoms with E-state index in [-0.39, 0.29) is 0 Å². The molecule has 0 saturated carbocycles. The minimum absolute atomic E-state index is 0.512. The Morgan fingerprint density at radius 3 is 2.74 bits per heavy atom. The first-order valence-electron chi connectivity index (χ1n) is 7.18. The van der Waals surface area contributed by atoms with Crippen molar-refractivity contribution in [2.75, 3.05) is 13.8 Å². The molecule has 3 aromatic heterocycles. The largest absolute Gasteiger partial charge is 0.360 e. The lowest BCUT2D eigenvalue weighted by Crippen LogP contribution is -2.22. The SMILES string of the molecule is CN(COCc1cnc(-c2cccnc2)s1)Cc1ncccn1. The van der Waals surface area contributed by atoms with E-state index >= 15 is 0 Å². The molecule has 0 spiro atoms. The Bertz CT molecular complexity index is 720. The van der Waals surface area contributed by atoms with Gasteiger partial charge >= 0.3 is 0 Å². The maximum absolute atomic E-state index is 5.73. The van der Waals surface area contributed by atoms with E-state index in [1.807, 2.05) is 42.5 Å². The van der Waals surface area contributed by atoms with Gasteiger partial charge in [0.1, 0.15) is 10.8 Å². The van der Waals surface area contributed by atoms with Gasteiger partial charge in [-0.1, -0.05) is 0 Å². The van der Waals surface area contributed by atoms with Crippen LogP contribution in [0, 0.1) is 0 Å². The third-order valence-corrected chi connectivity index (χ3v) is 4.07. The van der Waals surface area contributed by atoms with Gasteiger partial charge < -0.3 is 4.74 Å². The van der Waals surface area contributed by atoms with Gasteiger partial charge in [-0.15, -0.1) is 11.3 Å². The van der Waals surface area contributed by atoms with Gasteiger partial charge in [-0.2, -0.15) is 0 Å². The summed E-state index contributed by atoms with van der Waals surface area (Å²) in [7, 11) is 1.98. The van der Waals surface area contributed by atoms with Gasteiger partial charge in [0.05, 0.1) is 24.8 Å². The normalized spacial score (nSPS) is 11.0. The van der Waals surface area contributed by atoms with Gasteiger partial charge in [0.15, 0.2) is 0 Å². The van der Waals surface area contributed by atoms with Crippen molar-refractivity contribution >= 4 is 11.3 Å². The molecule has 3 heterocycles. The molecule has 0 radical (unpaired) electrons. The van der Waals surface area contributed by atoms with Crippen LogP contribution in [0.5, 0.6) is 0 Å². The molecule has 0 aliphatic heterocycles. The Morgan fingerprint density at radius 2 is 1.96 bits per heavy atom. The van der Waals surface area contributed by atoms with Crippen molar-refractivity contribution in [3.8, 4) is 10.6 Å². The lowest BCUT2D eigenvalue weighted by atomic mass is 10.3. The molecule has 0 bridgehead atoms. The van der Waals surface area contributed by atoms with Crippen molar-refractivity contribution in [1.82, 2.24) is 24.8 Å². The van der Waals surface area contributed by atoms with Gasteiger partial charge in [0.2, 0.25) is 0 Å². The van der Waals surface area contributed by atoms with Crippen LogP contribution in [0.15, 0.2) is 49.2 Å². The van der Waals surface area contributed by atoms with E-state index in [0.717, 1.165) is 21.3 Å². The quantitative estimate of drug-likeness (QED) is 0.622. The van der Waals surface area contributed by atoms with Crippen molar-refractivity contribution in [1.29, 1.82) is 0 Å². The second-order valence-corrected chi connectivity index (χ2v) is 6.15. The summed E-state index contributed by atoms with van der Waals surface area (Å²) in [5.41, 5.74) is 1.03. The Morgan fingerprint density at radius 1 is 1.09 bits per heavy atom. The lowest BCUT2D eigenvalue weighted by molar-refractivity contribution is 0.0286. The minimum Gasteiger partial charge on any atom is -0.360 e. The second-order valence-electron chi connectivity index (χ2n) is 5.03. The molecule has 0 amide bonds. The monoisotopic (exact) mass is 327 g/mol. The first-order chi connectivity index (χ1) is 11.3. The molecule has 0 aromatic carbocycles. The van der Waals surface area contributed by atoms with E-state index in [2.05, 4.69) is 19.9 Å². The highest BCUT2D eigenvalue weighted by atomic mass is 32.1. The Labute approximate surface area is 138 Å². The van der Waals surface area contributed by atoms with Gasteiger partial charge in [0, 0.05) is 36.5 Å². The summed E-state index contributed by atoms with van der Waals surface area (Å²) in [5.74, 6) is 0.787. The fraction of sp³-hybridized carbons (Fsp3) is 0.250. The zero-order valence-electron chi connectivity index (χ0n) is 12.8. The molecule has 0 fully saturated rings. The van der Waals surface area contributed by atoms with Crippen LogP contribution in [0.1, 0.15) is 10.7 Å². The highest BCUT2D eigenvalue weighted by molar-refractivity contribution is 7.15. The topological polar surface area (TPSA) is 64.0 Å². The summed E-state index contributed by atoms with van der Waals surface area (Å²) in [6.45, 7) is 1.71. The van der Waals surface area contributed by atoms with Crippen LogP contribution < -0.4 is 0 Å². The van der Waals surface area contributed by atoms with Crippen LogP contribution >= 0.6 is 11.3 Å². The van der Waals surface area contributed by atoms with E-state index < -0.39 is 0 Å². The molecule has 0 aliphatic carbocycles. The highest BCUT2D eigenvalue weighted by Gasteiger charge is 2.06. The third kappa shape index (κ3) is 4.62. The van der Waals surface area contributed by atoms with Crippen molar-refractivity contribution in [2.24, 2.45) is 0 Å². The van der Waals surface area contributed by atoms with Crippen LogP contribution in [-0.4, -0.2) is 38.6 Å². The summed E-state index contributed by atoms with van der Waals surface area (Å²) in [6, 6.07) is 5.72. The van der Waals surface area contributed by atoms with Crippen molar-refractivity contribution in [2.45, 2.75) is 13.2 Å². The Balaban J connectivity index is 1.47. The number of pyridine rings is 1. The van der Waals surface area contributed by atoms with Gasteiger partial charge in [-0.25, -0.2) is 15.0 Å². The Kier molecular flexibility index (Phi) is 5.36. The molecule has 0 saturated heterocycles. The predicted molar refractivity (Wildman–Crippen MR) is 88.5 cm³/mol. The summed E-state index contributed by atoms with van der Waals surface area (Å²) in [4.78, 5) is 20.0. The Hall–Kier alpha value is -2.22. The molecule has 0 N–H and O–H groups in total. The molecule has 3 aromatic rings. The zero-order valence-corrected chi connectivity index (χ0v) is 13.6. The molecule has 23 heavy (non-hydrogen) atoms. The molecule has 0 atom stereocenters. The summed E-state index contributed by atoms with van der Waals surface area (Å²) in [5, 5.41) is 0.961. The minimum atomic E-state index is 0.512. The molecular weight excluding hydrogens is 310 g/mol. The van der Waals surface area contributed by atoms with Gasteiger partial charge in [-0.05, 0) is 25.2 Å². The van der Waals surface area contributed by atoms with Crippen molar-refractivity contribution in [3.05, 3.63) is 59.9 Å². The van der Waals surface area contributed by atoms with E-state index in [4.69, 9.17) is 4.74 Å². The van der Waals surface area contributed by atoms with Gasteiger partial charge in [-0.3, -0.25) is 9.88 Å². The van der Waals surface area contributed by atoms with Gasteiger partial charge in [0.25, 0.3) is 0 Å². The molecule has 0 aliphatic rings. The number of nitrogens with zero attached hydrogens (tertiary/aromatic N) is 5. The van der Waals surface area contributed by atoms with Crippen LogP contribution in [0.3, 0.4) is 0 Å². The van der Waals surface area contributed by atoms with Crippen LogP contribution in [0.4, 0.5) is 0 Å². The second kappa shape index (κ2) is 7.87. The van der Waals surface area contributed by atoms with Crippen molar-refractivity contribution in [3.63, 3.8) is 0 Å². The van der Waals surface area contributed by atoms with E-state index in [9.17, 15) is 0 Å². The highest BCUT2D eigenvalue weighted by Crippen LogP contribution is 2.24. The average molecular weight is 327 g/mol. The molecular formula is C16H17N5OS. The van der Waals surface area contributed by atoms with Crippen LogP contribution in [-0.2, 0) is 17.9 Å². The first kappa shape index (κ1) is 15.7. The van der Waals surface area contributed by atoms with E-state index in [1.165, 1.54) is 0 Å². The molecule has 118 valence electrons. The first-order valence-corrected chi connectivity index (χ1v) is 8.00. The van der Waals surface area contributed by atoms with Crippen molar-refractivity contribution < 1.29 is 4.74 Å². The fourth-order valence-corrected chi connectivity index (χ4v) is 2.84. The standard InChI is InChI=1S/C16H17N5OS/c1-21(10-15-18-6-3-7-19-15)12-22-11-14-9-20-16(23-14)13-4-2-5-17-8-13/h2-9H,10-12H2,1H3. The number of hydrogen-bond acceptors (Lipinski definition) is 7. The summed E-state index contributed by atoms with van der Waals surface area (Å²) < 4.78 is 5.73. The number of ether oxygens (including phenoxy) is 1. The maximum atomic E-state index is 5.73. The lowest BCUT2D eigenvalue weighted by Gasteiger charge is -2.15. The summed E-state index contributed by atoms with van der Waals surface area (Å²) >= 11 is 1.62. The predicted octanol–water partition coefficient (Wildman–Crippen LogP) is 2.60. The molecule has 0 unspecified atom stereocenters. The number of thiazole rings is 1. The number of rotatable bonds is 7.